The lowest BCUT2D eigenvalue weighted by atomic mass is 10.1. The lowest BCUT2D eigenvalue weighted by Gasteiger charge is -2.08. The molecule has 0 radical (unpaired) electrons. The first-order valence-corrected chi connectivity index (χ1v) is 10.8. The monoisotopic (exact) mass is 434 g/mol. The van der Waals surface area contributed by atoms with Crippen LogP contribution in [-0.4, -0.2) is 22.4 Å². The fraction of sp³-hybridized carbons (Fsp3) is 0.0741. The Labute approximate surface area is 191 Å². The van der Waals surface area contributed by atoms with Crippen LogP contribution in [0.3, 0.4) is 0 Å². The van der Waals surface area contributed by atoms with Crippen molar-refractivity contribution >= 4 is 28.5 Å². The van der Waals surface area contributed by atoms with Gasteiger partial charge in [-0.1, -0.05) is 60.7 Å². The minimum atomic E-state index is -0.118. The van der Waals surface area contributed by atoms with Crippen molar-refractivity contribution in [2.75, 3.05) is 17.2 Å². The van der Waals surface area contributed by atoms with Crippen molar-refractivity contribution < 1.29 is 9.21 Å². The van der Waals surface area contributed by atoms with Gasteiger partial charge < -0.3 is 15.1 Å². The number of hydrogen-bond acceptors (Lipinski definition) is 5. The number of carbonyl (C=O) groups excluding carboxylic acids is 1. The third kappa shape index (κ3) is 4.75. The van der Waals surface area contributed by atoms with Crippen LogP contribution in [0.2, 0.25) is 0 Å². The van der Waals surface area contributed by atoms with Gasteiger partial charge in [-0.15, -0.1) is 0 Å². The summed E-state index contributed by atoms with van der Waals surface area (Å²) in [6, 6.07) is 29.0. The van der Waals surface area contributed by atoms with Gasteiger partial charge in [0.05, 0.1) is 5.39 Å². The maximum Gasteiger partial charge on any atom is 0.255 e. The zero-order valence-corrected chi connectivity index (χ0v) is 17.9. The molecule has 0 fully saturated rings. The number of hydrogen-bond donors (Lipinski definition) is 2. The highest BCUT2D eigenvalue weighted by molar-refractivity contribution is 6.04. The molecular formula is C27H22N4O2. The summed E-state index contributed by atoms with van der Waals surface area (Å²) in [6.45, 7) is 0.702. The first kappa shape index (κ1) is 20.5. The van der Waals surface area contributed by atoms with Crippen molar-refractivity contribution in [2.45, 2.75) is 6.42 Å². The Morgan fingerprint density at radius 3 is 2.33 bits per heavy atom. The van der Waals surface area contributed by atoms with Crippen LogP contribution < -0.4 is 10.6 Å². The number of rotatable bonds is 7. The number of aromatic nitrogens is 2. The maximum absolute atomic E-state index is 12.3. The van der Waals surface area contributed by atoms with Crippen LogP contribution in [0, 0.1) is 0 Å². The Kier molecular flexibility index (Phi) is 5.80. The molecule has 3 aromatic carbocycles. The summed E-state index contributed by atoms with van der Waals surface area (Å²) < 4.78 is 5.91. The minimum Gasteiger partial charge on any atom is -0.438 e. The van der Waals surface area contributed by atoms with E-state index in [1.54, 1.807) is 12.1 Å². The Balaban J connectivity index is 1.21. The normalized spacial score (nSPS) is 10.8. The van der Waals surface area contributed by atoms with Gasteiger partial charge in [-0.2, -0.15) is 0 Å². The van der Waals surface area contributed by atoms with Gasteiger partial charge in [0, 0.05) is 23.4 Å². The third-order valence-corrected chi connectivity index (χ3v) is 5.34. The quantitative estimate of drug-likeness (QED) is 0.339. The second-order valence-corrected chi connectivity index (χ2v) is 7.61. The molecule has 0 bridgehead atoms. The molecule has 6 nitrogen and oxygen atoms in total. The molecule has 0 aliphatic rings. The van der Waals surface area contributed by atoms with Crippen molar-refractivity contribution in [3.05, 3.63) is 108 Å². The van der Waals surface area contributed by atoms with Gasteiger partial charge in [0.25, 0.3) is 5.91 Å². The molecule has 0 atom stereocenters. The Morgan fingerprint density at radius 1 is 0.848 bits per heavy atom. The second kappa shape index (κ2) is 9.36. The molecule has 0 saturated carbocycles. The van der Waals surface area contributed by atoms with Crippen LogP contribution in [0.5, 0.6) is 0 Å². The highest BCUT2D eigenvalue weighted by Gasteiger charge is 2.11. The van der Waals surface area contributed by atoms with Gasteiger partial charge in [-0.3, -0.25) is 4.79 Å². The Bertz CT molecular complexity index is 1360. The highest BCUT2D eigenvalue weighted by Crippen LogP contribution is 2.29. The predicted molar refractivity (Wildman–Crippen MR) is 130 cm³/mol. The molecule has 5 aromatic rings. The first-order chi connectivity index (χ1) is 16.3. The molecule has 0 saturated heterocycles. The van der Waals surface area contributed by atoms with Crippen LogP contribution in [0.1, 0.15) is 15.9 Å². The van der Waals surface area contributed by atoms with E-state index < -0.39 is 0 Å². The molecule has 0 spiro atoms. The zero-order chi connectivity index (χ0) is 22.5. The first-order valence-electron chi connectivity index (χ1n) is 10.8. The molecular weight excluding hydrogens is 412 g/mol. The van der Waals surface area contributed by atoms with E-state index in [9.17, 15) is 4.79 Å². The van der Waals surface area contributed by atoms with Crippen molar-refractivity contribution in [1.29, 1.82) is 0 Å². The Hall–Kier alpha value is -4.45. The number of nitrogens with zero attached hydrogens (tertiary/aromatic N) is 2. The van der Waals surface area contributed by atoms with Gasteiger partial charge >= 0.3 is 0 Å². The summed E-state index contributed by atoms with van der Waals surface area (Å²) in [7, 11) is 0. The van der Waals surface area contributed by atoms with E-state index in [0.717, 1.165) is 40.2 Å². The molecule has 162 valence electrons. The summed E-state index contributed by atoms with van der Waals surface area (Å²) >= 11 is 0. The molecule has 2 aromatic heterocycles. The van der Waals surface area contributed by atoms with Crippen LogP contribution in [0.25, 0.3) is 22.4 Å². The molecule has 2 heterocycles. The summed E-state index contributed by atoms with van der Waals surface area (Å²) in [4.78, 5) is 20.9. The van der Waals surface area contributed by atoms with Crippen LogP contribution in [0.15, 0.2) is 102 Å². The van der Waals surface area contributed by atoms with Gasteiger partial charge in [0.15, 0.2) is 0 Å². The molecule has 0 aliphatic heterocycles. The third-order valence-electron chi connectivity index (χ3n) is 5.34. The van der Waals surface area contributed by atoms with Crippen molar-refractivity contribution in [1.82, 2.24) is 9.97 Å². The molecule has 33 heavy (non-hydrogen) atoms. The predicted octanol–water partition coefficient (Wildman–Crippen LogP) is 5.80. The van der Waals surface area contributed by atoms with Crippen molar-refractivity contribution in [3.8, 4) is 11.3 Å². The van der Waals surface area contributed by atoms with E-state index in [0.29, 0.717) is 17.8 Å². The van der Waals surface area contributed by atoms with Gasteiger partial charge in [-0.25, -0.2) is 9.97 Å². The molecule has 1 amide bonds. The minimum absolute atomic E-state index is 0.118. The van der Waals surface area contributed by atoms with E-state index >= 15 is 0 Å². The van der Waals surface area contributed by atoms with E-state index in [2.05, 4.69) is 20.6 Å². The largest absolute Gasteiger partial charge is 0.438 e. The summed E-state index contributed by atoms with van der Waals surface area (Å²) in [5.74, 6) is 1.40. The molecule has 0 aliphatic carbocycles. The number of amides is 1. The van der Waals surface area contributed by atoms with Crippen molar-refractivity contribution in [2.24, 2.45) is 0 Å². The molecule has 6 heteroatoms. The zero-order valence-electron chi connectivity index (χ0n) is 17.9. The van der Waals surface area contributed by atoms with E-state index in [1.165, 1.54) is 6.33 Å². The molecule has 5 rings (SSSR count). The van der Waals surface area contributed by atoms with Gasteiger partial charge in [0.1, 0.15) is 17.9 Å². The second-order valence-electron chi connectivity index (χ2n) is 7.61. The Morgan fingerprint density at radius 2 is 1.58 bits per heavy atom. The fourth-order valence-electron chi connectivity index (χ4n) is 3.61. The summed E-state index contributed by atoms with van der Waals surface area (Å²) in [6.07, 6.45) is 2.31. The molecule has 2 N–H and O–H groups in total. The van der Waals surface area contributed by atoms with Crippen LogP contribution in [-0.2, 0) is 6.42 Å². The number of fused-ring (bicyclic) bond motifs is 1. The average molecular weight is 434 g/mol. The SMILES string of the molecule is O=C(Nc1ccc(CCNc2ncnc3oc(-c4ccccc4)cc23)cc1)c1ccccc1. The number of anilines is 2. The van der Waals surface area contributed by atoms with Gasteiger partial charge in [0.2, 0.25) is 5.71 Å². The van der Waals surface area contributed by atoms with Crippen LogP contribution >= 0.6 is 0 Å². The van der Waals surface area contributed by atoms with Crippen molar-refractivity contribution in [3.63, 3.8) is 0 Å². The number of benzene rings is 3. The average Bonchev–Trinajstić information content (AvgIpc) is 3.32. The number of nitrogens with one attached hydrogen (secondary N) is 2. The van der Waals surface area contributed by atoms with Gasteiger partial charge in [-0.05, 0) is 42.3 Å². The highest BCUT2D eigenvalue weighted by atomic mass is 16.3. The maximum atomic E-state index is 12.3. The summed E-state index contributed by atoms with van der Waals surface area (Å²) in [5.41, 5.74) is 4.12. The number of furan rings is 1. The lowest BCUT2D eigenvalue weighted by Crippen LogP contribution is -2.11. The lowest BCUT2D eigenvalue weighted by molar-refractivity contribution is 0.102. The standard InChI is InChI=1S/C27H22N4O2/c32-26(21-9-5-2-6-10-21)31-22-13-11-19(12-14-22)15-16-28-25-23-17-24(20-7-3-1-4-8-20)33-27(23)30-18-29-25/h1-14,17-18H,15-16H2,(H,31,32)(H,28,29,30). The smallest absolute Gasteiger partial charge is 0.255 e. The molecule has 0 unspecified atom stereocenters. The van der Waals surface area contributed by atoms with Crippen LogP contribution in [0.4, 0.5) is 11.5 Å². The summed E-state index contributed by atoms with van der Waals surface area (Å²) in [5, 5.41) is 7.17. The van der Waals surface area contributed by atoms with E-state index in [-0.39, 0.29) is 5.91 Å². The number of carbonyl (C=O) groups is 1. The fourth-order valence-corrected chi connectivity index (χ4v) is 3.61. The van der Waals surface area contributed by atoms with E-state index in [4.69, 9.17) is 4.42 Å². The topological polar surface area (TPSA) is 80.0 Å². The van der Waals surface area contributed by atoms with E-state index in [1.807, 2.05) is 78.9 Å².